The molecule has 0 fully saturated rings. The van der Waals surface area contributed by atoms with Gasteiger partial charge in [-0.2, -0.15) is 5.10 Å². The lowest BCUT2D eigenvalue weighted by atomic mass is 10.0. The fraction of sp³-hybridized carbons (Fsp3) is 0.300. The average molecular weight is 372 g/mol. The minimum absolute atomic E-state index is 0.322. The number of nitrogens with zero attached hydrogens (tertiary/aromatic N) is 3. The average Bonchev–Trinajstić information content (AvgIpc) is 3.12. The monoisotopic (exact) mass is 371 g/mol. The van der Waals surface area contributed by atoms with Crippen LogP contribution < -0.4 is 0 Å². The summed E-state index contributed by atoms with van der Waals surface area (Å²) in [5.41, 5.74) is 5.51. The maximum Gasteiger partial charge on any atom is 0.355 e. The van der Waals surface area contributed by atoms with Gasteiger partial charge in [-0.25, -0.2) is 4.79 Å². The van der Waals surface area contributed by atoms with Crippen molar-refractivity contribution in [3.63, 3.8) is 0 Å². The van der Waals surface area contributed by atoms with Crippen molar-refractivity contribution in [1.29, 1.82) is 0 Å². The zero-order valence-corrected chi connectivity index (χ0v) is 16.2. The van der Waals surface area contributed by atoms with E-state index >= 15 is 0 Å². The van der Waals surface area contributed by atoms with Crippen molar-refractivity contribution in [1.82, 2.24) is 14.3 Å². The van der Waals surface area contributed by atoms with Crippen molar-refractivity contribution in [3.8, 4) is 11.1 Å². The van der Waals surface area contributed by atoms with Gasteiger partial charge in [-0.05, 0) is 44.0 Å². The van der Waals surface area contributed by atoms with E-state index in [0.29, 0.717) is 23.9 Å². The summed E-state index contributed by atoms with van der Waals surface area (Å²) in [7, 11) is 1.88. The van der Waals surface area contributed by atoms with Crippen LogP contribution in [0.2, 0.25) is 5.02 Å². The van der Waals surface area contributed by atoms with Crippen LogP contribution in [0.4, 0.5) is 0 Å². The first-order valence-electron chi connectivity index (χ1n) is 8.52. The van der Waals surface area contributed by atoms with Gasteiger partial charge in [-0.3, -0.25) is 4.68 Å². The van der Waals surface area contributed by atoms with E-state index in [-0.39, 0.29) is 5.97 Å². The van der Waals surface area contributed by atoms with Crippen molar-refractivity contribution in [2.45, 2.75) is 27.3 Å². The number of ether oxygens (including phenoxy) is 1. The molecule has 0 aliphatic carbocycles. The number of rotatable bonds is 5. The topological polar surface area (TPSA) is 49.1 Å². The summed E-state index contributed by atoms with van der Waals surface area (Å²) < 4.78 is 9.12. The Bertz CT molecular complexity index is 939. The van der Waals surface area contributed by atoms with Gasteiger partial charge in [0.1, 0.15) is 5.69 Å². The molecule has 0 N–H and O–H groups in total. The quantitative estimate of drug-likeness (QED) is 0.625. The fourth-order valence-electron chi connectivity index (χ4n) is 3.18. The second-order valence-corrected chi connectivity index (χ2v) is 6.71. The van der Waals surface area contributed by atoms with Crippen LogP contribution in [0.5, 0.6) is 0 Å². The van der Waals surface area contributed by atoms with Gasteiger partial charge in [0.15, 0.2) is 0 Å². The van der Waals surface area contributed by atoms with Gasteiger partial charge < -0.3 is 9.30 Å². The minimum Gasteiger partial charge on any atom is -0.461 e. The van der Waals surface area contributed by atoms with Gasteiger partial charge in [-0.15, -0.1) is 0 Å². The third-order valence-electron chi connectivity index (χ3n) is 4.53. The van der Waals surface area contributed by atoms with E-state index in [4.69, 9.17) is 16.3 Å². The SMILES string of the molecule is CCOC(=O)c1c(-c2ccc(Cl)cc2)c(C)c(C)n1Cc1cnn(C)c1. The molecule has 0 saturated heterocycles. The summed E-state index contributed by atoms with van der Waals surface area (Å²) in [6.45, 7) is 6.75. The number of carbonyl (C=O) groups excluding carboxylic acids is 1. The Balaban J connectivity index is 2.18. The highest BCUT2D eigenvalue weighted by molar-refractivity contribution is 6.30. The van der Waals surface area contributed by atoms with Crippen molar-refractivity contribution < 1.29 is 9.53 Å². The number of hydrogen-bond acceptors (Lipinski definition) is 3. The van der Waals surface area contributed by atoms with Crippen LogP contribution in [0, 0.1) is 13.8 Å². The van der Waals surface area contributed by atoms with Crippen molar-refractivity contribution in [2.75, 3.05) is 6.61 Å². The first kappa shape index (κ1) is 18.3. The molecule has 0 spiro atoms. The number of aryl methyl sites for hydroxylation is 1. The molecule has 2 heterocycles. The Morgan fingerprint density at radius 2 is 1.92 bits per heavy atom. The van der Waals surface area contributed by atoms with Crippen molar-refractivity contribution in [2.24, 2.45) is 7.05 Å². The number of esters is 1. The van der Waals surface area contributed by atoms with E-state index in [9.17, 15) is 4.79 Å². The largest absolute Gasteiger partial charge is 0.461 e. The highest BCUT2D eigenvalue weighted by Gasteiger charge is 2.25. The van der Waals surface area contributed by atoms with Gasteiger partial charge >= 0.3 is 5.97 Å². The summed E-state index contributed by atoms with van der Waals surface area (Å²) in [5.74, 6) is -0.322. The lowest BCUT2D eigenvalue weighted by Crippen LogP contribution is -2.14. The molecule has 1 aromatic carbocycles. The molecule has 0 aliphatic heterocycles. The molecule has 2 aromatic heterocycles. The Kier molecular flexibility index (Phi) is 5.18. The Hall–Kier alpha value is -2.53. The second kappa shape index (κ2) is 7.38. The summed E-state index contributed by atoms with van der Waals surface area (Å²) in [5, 5.41) is 4.89. The van der Waals surface area contributed by atoms with Crippen LogP contribution in [0.3, 0.4) is 0 Å². The predicted molar refractivity (Wildman–Crippen MR) is 103 cm³/mol. The van der Waals surface area contributed by atoms with Gasteiger partial charge in [0.05, 0.1) is 19.3 Å². The molecule has 6 heteroatoms. The highest BCUT2D eigenvalue weighted by atomic mass is 35.5. The molecule has 0 unspecified atom stereocenters. The zero-order valence-electron chi connectivity index (χ0n) is 15.4. The van der Waals surface area contributed by atoms with Gasteiger partial charge in [0.25, 0.3) is 0 Å². The van der Waals surface area contributed by atoms with E-state index in [0.717, 1.165) is 27.9 Å². The zero-order chi connectivity index (χ0) is 18.8. The molecule has 0 saturated carbocycles. The smallest absolute Gasteiger partial charge is 0.355 e. The molecule has 26 heavy (non-hydrogen) atoms. The number of halogens is 1. The van der Waals surface area contributed by atoms with Crippen LogP contribution in [0.25, 0.3) is 11.1 Å². The first-order chi connectivity index (χ1) is 12.4. The van der Waals surface area contributed by atoms with Crippen molar-refractivity contribution >= 4 is 17.6 Å². The Labute approximate surface area is 158 Å². The molecule has 0 amide bonds. The van der Waals surface area contributed by atoms with Gasteiger partial charge in [0, 0.05) is 35.1 Å². The second-order valence-electron chi connectivity index (χ2n) is 6.27. The molecule has 3 aromatic rings. The number of aromatic nitrogens is 3. The van der Waals surface area contributed by atoms with E-state index in [1.54, 1.807) is 4.68 Å². The van der Waals surface area contributed by atoms with Gasteiger partial charge in [-0.1, -0.05) is 23.7 Å². The van der Waals surface area contributed by atoms with Crippen molar-refractivity contribution in [3.05, 3.63) is 64.2 Å². The molecule has 136 valence electrons. The molecule has 3 rings (SSSR count). The molecule has 0 bridgehead atoms. The molecule has 0 atom stereocenters. The van der Waals surface area contributed by atoms with E-state index in [2.05, 4.69) is 5.10 Å². The summed E-state index contributed by atoms with van der Waals surface area (Å²) in [6, 6.07) is 7.53. The lowest BCUT2D eigenvalue weighted by Gasteiger charge is -2.11. The third-order valence-corrected chi connectivity index (χ3v) is 4.78. The summed E-state index contributed by atoms with van der Waals surface area (Å²) in [6.07, 6.45) is 3.76. The maximum atomic E-state index is 12.8. The van der Waals surface area contributed by atoms with E-state index in [1.165, 1.54) is 0 Å². The van der Waals surface area contributed by atoms with E-state index < -0.39 is 0 Å². The molecule has 0 radical (unpaired) electrons. The standard InChI is InChI=1S/C20H22ClN3O2/c1-5-26-20(25)19-18(16-6-8-17(21)9-7-16)13(2)14(3)24(19)12-15-10-22-23(4)11-15/h6-11H,5,12H2,1-4H3. The van der Waals surface area contributed by atoms with Crippen LogP contribution in [-0.4, -0.2) is 26.9 Å². The Morgan fingerprint density at radius 1 is 1.23 bits per heavy atom. The normalized spacial score (nSPS) is 11.0. The maximum absolute atomic E-state index is 12.8. The Morgan fingerprint density at radius 3 is 2.50 bits per heavy atom. The predicted octanol–water partition coefficient (Wildman–Crippen LogP) is 4.38. The van der Waals surface area contributed by atoms with Crippen LogP contribution in [-0.2, 0) is 18.3 Å². The molecule has 0 aliphatic rings. The summed E-state index contributed by atoms with van der Waals surface area (Å²) >= 11 is 6.03. The number of carbonyl (C=O) groups is 1. The minimum atomic E-state index is -0.322. The number of benzene rings is 1. The molecular formula is C20H22ClN3O2. The highest BCUT2D eigenvalue weighted by Crippen LogP contribution is 2.34. The first-order valence-corrected chi connectivity index (χ1v) is 8.90. The van der Waals surface area contributed by atoms with Crippen LogP contribution in [0.1, 0.15) is 34.2 Å². The number of hydrogen-bond donors (Lipinski definition) is 0. The molecule has 5 nitrogen and oxygen atoms in total. The lowest BCUT2D eigenvalue weighted by molar-refractivity contribution is 0.0515. The van der Waals surface area contributed by atoms with E-state index in [1.807, 2.05) is 69.0 Å². The van der Waals surface area contributed by atoms with Crippen LogP contribution in [0.15, 0.2) is 36.7 Å². The molecular weight excluding hydrogens is 350 g/mol. The summed E-state index contributed by atoms with van der Waals surface area (Å²) in [4.78, 5) is 12.8. The van der Waals surface area contributed by atoms with Crippen LogP contribution >= 0.6 is 11.6 Å². The third kappa shape index (κ3) is 3.40. The van der Waals surface area contributed by atoms with Gasteiger partial charge in [0.2, 0.25) is 0 Å². The fourth-order valence-corrected chi connectivity index (χ4v) is 3.30.